The van der Waals surface area contributed by atoms with Crippen molar-refractivity contribution in [3.05, 3.63) is 35.4 Å². The Hall–Kier alpha value is -0.820. The fraction of sp³-hybridized carbons (Fsp3) is 0.625. The average molecular weight is 233 g/mol. The average Bonchev–Trinajstić information content (AvgIpc) is 2.36. The van der Waals surface area contributed by atoms with Crippen LogP contribution < -0.4 is 5.32 Å². The molecule has 1 unspecified atom stereocenters. The normalized spacial score (nSPS) is 13.0. The fourth-order valence-electron chi connectivity index (χ4n) is 2.53. The predicted molar refractivity (Wildman–Crippen MR) is 76.5 cm³/mol. The van der Waals surface area contributed by atoms with Crippen LogP contribution in [0.3, 0.4) is 0 Å². The lowest BCUT2D eigenvalue weighted by Crippen LogP contribution is -2.26. The fourth-order valence-corrected chi connectivity index (χ4v) is 2.53. The summed E-state index contributed by atoms with van der Waals surface area (Å²) in [6.45, 7) is 11.1. The van der Waals surface area contributed by atoms with Crippen molar-refractivity contribution in [2.45, 2.75) is 46.5 Å². The van der Waals surface area contributed by atoms with E-state index in [1.807, 2.05) is 0 Å². The smallest absolute Gasteiger partial charge is 0.00227 e. The molecule has 0 heterocycles. The number of rotatable bonds is 7. The molecule has 1 heteroatoms. The summed E-state index contributed by atoms with van der Waals surface area (Å²) in [7, 11) is 0. The third-order valence-corrected chi connectivity index (χ3v) is 3.74. The van der Waals surface area contributed by atoms with Crippen LogP contribution in [0.15, 0.2) is 24.3 Å². The van der Waals surface area contributed by atoms with Gasteiger partial charge in [-0.05, 0) is 30.9 Å². The molecule has 0 spiro atoms. The summed E-state index contributed by atoms with van der Waals surface area (Å²) in [4.78, 5) is 0. The molecule has 17 heavy (non-hydrogen) atoms. The van der Waals surface area contributed by atoms with E-state index in [2.05, 4.69) is 57.3 Å². The second-order valence-electron chi connectivity index (χ2n) is 4.90. The molecule has 1 aromatic carbocycles. The molecule has 1 nitrogen and oxygen atoms in total. The van der Waals surface area contributed by atoms with Gasteiger partial charge in [-0.25, -0.2) is 0 Å². The first kappa shape index (κ1) is 14.2. The summed E-state index contributed by atoms with van der Waals surface area (Å²) in [5, 5.41) is 3.51. The van der Waals surface area contributed by atoms with Gasteiger partial charge < -0.3 is 5.32 Å². The molecule has 0 aliphatic carbocycles. The van der Waals surface area contributed by atoms with Crippen LogP contribution >= 0.6 is 0 Å². The lowest BCUT2D eigenvalue weighted by atomic mass is 9.82. The summed E-state index contributed by atoms with van der Waals surface area (Å²) in [6.07, 6.45) is 2.53. The first-order valence-electron chi connectivity index (χ1n) is 7.00. The molecule has 0 fully saturated rings. The lowest BCUT2D eigenvalue weighted by Gasteiger charge is -2.26. The van der Waals surface area contributed by atoms with Gasteiger partial charge in [0.1, 0.15) is 0 Å². The number of aryl methyl sites for hydroxylation is 1. The number of benzene rings is 1. The van der Waals surface area contributed by atoms with E-state index in [0.717, 1.165) is 19.0 Å². The highest BCUT2D eigenvalue weighted by molar-refractivity contribution is 5.25. The minimum absolute atomic E-state index is 0.658. The highest BCUT2D eigenvalue weighted by atomic mass is 14.8. The van der Waals surface area contributed by atoms with Crippen molar-refractivity contribution >= 4 is 0 Å². The quantitative estimate of drug-likeness (QED) is 0.747. The van der Waals surface area contributed by atoms with Gasteiger partial charge in [0.15, 0.2) is 0 Å². The second kappa shape index (κ2) is 7.50. The van der Waals surface area contributed by atoms with Crippen molar-refractivity contribution in [3.63, 3.8) is 0 Å². The maximum atomic E-state index is 3.51. The summed E-state index contributed by atoms with van der Waals surface area (Å²) < 4.78 is 0. The van der Waals surface area contributed by atoms with Crippen molar-refractivity contribution in [1.29, 1.82) is 0 Å². The second-order valence-corrected chi connectivity index (χ2v) is 4.90. The van der Waals surface area contributed by atoms with E-state index in [9.17, 15) is 0 Å². The highest BCUT2D eigenvalue weighted by Crippen LogP contribution is 2.29. The van der Waals surface area contributed by atoms with Crippen LogP contribution in [0.25, 0.3) is 0 Å². The van der Waals surface area contributed by atoms with Crippen LogP contribution in [0.1, 0.15) is 50.7 Å². The Balaban J connectivity index is 2.84. The van der Waals surface area contributed by atoms with Crippen molar-refractivity contribution in [2.24, 2.45) is 5.92 Å². The van der Waals surface area contributed by atoms with Crippen LogP contribution in [0.2, 0.25) is 0 Å². The van der Waals surface area contributed by atoms with Gasteiger partial charge in [0.25, 0.3) is 0 Å². The molecule has 0 radical (unpaired) electrons. The molecule has 0 bridgehead atoms. The van der Waals surface area contributed by atoms with Crippen LogP contribution in [-0.2, 0) is 0 Å². The van der Waals surface area contributed by atoms with Crippen LogP contribution in [-0.4, -0.2) is 13.1 Å². The molecular weight excluding hydrogens is 206 g/mol. The Morgan fingerprint density at radius 2 is 1.59 bits per heavy atom. The molecule has 0 saturated carbocycles. The molecule has 1 atom stereocenters. The van der Waals surface area contributed by atoms with Gasteiger partial charge in [-0.15, -0.1) is 0 Å². The molecule has 1 N–H and O–H groups in total. The molecule has 0 saturated heterocycles. The van der Waals surface area contributed by atoms with E-state index in [0.29, 0.717) is 5.92 Å². The summed E-state index contributed by atoms with van der Waals surface area (Å²) in [6, 6.07) is 9.07. The molecule has 0 aliphatic rings. The topological polar surface area (TPSA) is 12.0 Å². The zero-order valence-corrected chi connectivity index (χ0v) is 11.8. The van der Waals surface area contributed by atoms with Gasteiger partial charge in [-0.3, -0.25) is 0 Å². The number of hydrogen-bond donors (Lipinski definition) is 1. The maximum Gasteiger partial charge on any atom is 0.00227 e. The van der Waals surface area contributed by atoms with Gasteiger partial charge >= 0.3 is 0 Å². The van der Waals surface area contributed by atoms with Gasteiger partial charge in [-0.2, -0.15) is 0 Å². The first-order chi connectivity index (χ1) is 8.22. The Bertz CT molecular complexity index is 298. The van der Waals surface area contributed by atoms with Crippen molar-refractivity contribution in [2.75, 3.05) is 13.1 Å². The number of hydrogen-bond acceptors (Lipinski definition) is 1. The van der Waals surface area contributed by atoms with E-state index in [1.165, 1.54) is 24.0 Å². The van der Waals surface area contributed by atoms with Crippen molar-refractivity contribution in [3.8, 4) is 0 Å². The Morgan fingerprint density at radius 3 is 2.06 bits per heavy atom. The van der Waals surface area contributed by atoms with Gasteiger partial charge in [-0.1, -0.05) is 63.4 Å². The third-order valence-electron chi connectivity index (χ3n) is 3.74. The SMILES string of the molecule is CCNCC(c1ccc(C)cc1)C(CC)CC. The van der Waals surface area contributed by atoms with Crippen LogP contribution in [0.4, 0.5) is 0 Å². The Kier molecular flexibility index (Phi) is 6.28. The predicted octanol–water partition coefficient (Wildman–Crippen LogP) is 4.12. The zero-order chi connectivity index (χ0) is 12.7. The van der Waals surface area contributed by atoms with Crippen LogP contribution in [0.5, 0.6) is 0 Å². The minimum atomic E-state index is 0.658. The van der Waals surface area contributed by atoms with Gasteiger partial charge in [0.2, 0.25) is 0 Å². The van der Waals surface area contributed by atoms with E-state index >= 15 is 0 Å². The summed E-state index contributed by atoms with van der Waals surface area (Å²) in [5.74, 6) is 1.45. The monoisotopic (exact) mass is 233 g/mol. The van der Waals surface area contributed by atoms with Crippen molar-refractivity contribution in [1.82, 2.24) is 5.32 Å². The van der Waals surface area contributed by atoms with Crippen molar-refractivity contribution < 1.29 is 0 Å². The first-order valence-corrected chi connectivity index (χ1v) is 7.00. The van der Waals surface area contributed by atoms with E-state index < -0.39 is 0 Å². The third kappa shape index (κ3) is 4.16. The van der Waals surface area contributed by atoms with E-state index in [-0.39, 0.29) is 0 Å². The molecule has 96 valence electrons. The molecule has 1 rings (SSSR count). The lowest BCUT2D eigenvalue weighted by molar-refractivity contribution is 0.382. The van der Waals surface area contributed by atoms with Gasteiger partial charge in [0.05, 0.1) is 0 Å². The van der Waals surface area contributed by atoms with E-state index in [1.54, 1.807) is 0 Å². The number of likely N-dealkylation sites (N-methyl/N-ethyl adjacent to an activating group) is 1. The largest absolute Gasteiger partial charge is 0.316 e. The Labute approximate surface area is 107 Å². The zero-order valence-electron chi connectivity index (χ0n) is 11.8. The standard InChI is InChI=1S/C16H27N/c1-5-14(6-2)16(12-17-7-3)15-10-8-13(4)9-11-15/h8-11,14,16-17H,5-7,12H2,1-4H3. The van der Waals surface area contributed by atoms with Gasteiger partial charge in [0, 0.05) is 6.54 Å². The molecular formula is C16H27N. The van der Waals surface area contributed by atoms with Crippen LogP contribution in [0, 0.1) is 12.8 Å². The maximum absolute atomic E-state index is 3.51. The highest BCUT2D eigenvalue weighted by Gasteiger charge is 2.19. The molecule has 0 aromatic heterocycles. The molecule has 0 aliphatic heterocycles. The minimum Gasteiger partial charge on any atom is -0.316 e. The number of nitrogens with one attached hydrogen (secondary N) is 1. The molecule has 0 amide bonds. The Morgan fingerprint density at radius 1 is 1.00 bits per heavy atom. The van der Waals surface area contributed by atoms with E-state index in [4.69, 9.17) is 0 Å². The molecule has 1 aromatic rings. The summed E-state index contributed by atoms with van der Waals surface area (Å²) in [5.41, 5.74) is 2.84. The summed E-state index contributed by atoms with van der Waals surface area (Å²) >= 11 is 0.